The molecule has 3 heterocycles. The largest absolute Gasteiger partial charge is 0.496 e. The number of methoxy groups -OCH3 is 1. The normalized spacial score (nSPS) is 14.2. The second kappa shape index (κ2) is 9.85. The van der Waals surface area contributed by atoms with Crippen molar-refractivity contribution in [1.29, 1.82) is 0 Å². The molecule has 0 N–H and O–H groups in total. The number of hydrogen-bond donors (Lipinski definition) is 0. The molecular weight excluding hydrogens is 438 g/mol. The van der Waals surface area contributed by atoms with Gasteiger partial charge in [0.05, 0.1) is 24.9 Å². The Morgan fingerprint density at radius 1 is 1.00 bits per heavy atom. The summed E-state index contributed by atoms with van der Waals surface area (Å²) in [6.45, 7) is 3.10. The highest BCUT2D eigenvalue weighted by Crippen LogP contribution is 2.33. The van der Waals surface area contributed by atoms with E-state index in [2.05, 4.69) is 49.3 Å². The van der Waals surface area contributed by atoms with Gasteiger partial charge in [-0.1, -0.05) is 42.1 Å². The van der Waals surface area contributed by atoms with Crippen LogP contribution in [0.1, 0.15) is 24.4 Å². The van der Waals surface area contributed by atoms with Crippen LogP contribution < -0.4 is 4.74 Å². The first-order valence-electron chi connectivity index (χ1n) is 10.7. The Balaban J connectivity index is 1.37. The number of ether oxygens (including phenoxy) is 1. The highest BCUT2D eigenvalue weighted by Gasteiger charge is 2.20. The molecule has 8 heteroatoms. The van der Waals surface area contributed by atoms with Crippen molar-refractivity contribution in [3.63, 3.8) is 0 Å². The van der Waals surface area contributed by atoms with Gasteiger partial charge in [0.25, 0.3) is 0 Å². The Labute approximate surface area is 196 Å². The van der Waals surface area contributed by atoms with Crippen molar-refractivity contribution in [3.8, 4) is 22.0 Å². The van der Waals surface area contributed by atoms with Crippen molar-refractivity contribution in [2.75, 3.05) is 20.2 Å². The lowest BCUT2D eigenvalue weighted by atomic mass is 10.2. The zero-order chi connectivity index (χ0) is 21.8. The van der Waals surface area contributed by atoms with Gasteiger partial charge >= 0.3 is 0 Å². The van der Waals surface area contributed by atoms with Crippen molar-refractivity contribution in [2.45, 2.75) is 30.3 Å². The number of likely N-dealkylation sites (tertiary alicyclic amines) is 1. The first-order chi connectivity index (χ1) is 15.8. The first kappa shape index (κ1) is 21.2. The molecule has 1 fully saturated rings. The Kier molecular flexibility index (Phi) is 6.52. The topological polar surface area (TPSA) is 56.1 Å². The molecule has 1 aliphatic rings. The minimum atomic E-state index is 0.736. The van der Waals surface area contributed by atoms with E-state index in [1.807, 2.05) is 30.3 Å². The smallest absolute Gasteiger partial charge is 0.196 e. The average molecular weight is 464 g/mol. The van der Waals surface area contributed by atoms with Gasteiger partial charge in [-0.15, -0.1) is 21.5 Å². The summed E-state index contributed by atoms with van der Waals surface area (Å²) in [5, 5.41) is 13.1. The van der Waals surface area contributed by atoms with Gasteiger partial charge in [0.2, 0.25) is 0 Å². The van der Waals surface area contributed by atoms with Crippen LogP contribution in [0.3, 0.4) is 0 Å². The van der Waals surface area contributed by atoms with E-state index in [1.165, 1.54) is 12.8 Å². The Morgan fingerprint density at radius 2 is 1.78 bits per heavy atom. The molecule has 0 amide bonds. The van der Waals surface area contributed by atoms with E-state index >= 15 is 0 Å². The maximum absolute atomic E-state index is 5.50. The van der Waals surface area contributed by atoms with Gasteiger partial charge in [-0.2, -0.15) is 0 Å². The van der Waals surface area contributed by atoms with E-state index < -0.39 is 0 Å². The number of nitrogens with zero attached hydrogens (tertiary/aromatic N) is 5. The number of benzene rings is 2. The van der Waals surface area contributed by atoms with Gasteiger partial charge in [0.1, 0.15) is 10.8 Å². The summed E-state index contributed by atoms with van der Waals surface area (Å²) in [6, 6.07) is 18.4. The Morgan fingerprint density at radius 3 is 2.59 bits per heavy atom. The van der Waals surface area contributed by atoms with Crippen molar-refractivity contribution in [3.05, 3.63) is 71.5 Å². The van der Waals surface area contributed by atoms with Crippen molar-refractivity contribution >= 4 is 23.1 Å². The van der Waals surface area contributed by atoms with Crippen molar-refractivity contribution in [1.82, 2.24) is 24.6 Å². The SMILES string of the molecule is COc1ccccc1-c1nc(CSc2nnc(CN3CCCC3)n2-c2ccccc2)cs1. The molecule has 164 valence electrons. The number of thiazole rings is 1. The van der Waals surface area contributed by atoms with Crippen LogP contribution in [0.2, 0.25) is 0 Å². The van der Waals surface area contributed by atoms with Crippen LogP contribution in [0.4, 0.5) is 0 Å². The number of hydrogen-bond acceptors (Lipinski definition) is 7. The predicted molar refractivity (Wildman–Crippen MR) is 130 cm³/mol. The maximum Gasteiger partial charge on any atom is 0.196 e. The number of thioether (sulfide) groups is 1. The molecule has 0 aliphatic carbocycles. The molecule has 1 saturated heterocycles. The van der Waals surface area contributed by atoms with E-state index in [9.17, 15) is 0 Å². The van der Waals surface area contributed by atoms with Crippen LogP contribution in [0, 0.1) is 0 Å². The van der Waals surface area contributed by atoms with E-state index in [0.29, 0.717) is 0 Å². The quantitative estimate of drug-likeness (QED) is 0.331. The molecule has 6 nitrogen and oxygen atoms in total. The van der Waals surface area contributed by atoms with E-state index in [-0.39, 0.29) is 0 Å². The lowest BCUT2D eigenvalue weighted by molar-refractivity contribution is 0.319. The molecule has 5 rings (SSSR count). The molecule has 0 unspecified atom stereocenters. The molecule has 2 aromatic carbocycles. The first-order valence-corrected chi connectivity index (χ1v) is 12.6. The maximum atomic E-state index is 5.50. The molecule has 0 spiro atoms. The van der Waals surface area contributed by atoms with Gasteiger partial charge in [0.15, 0.2) is 11.0 Å². The Hall–Kier alpha value is -2.68. The van der Waals surface area contributed by atoms with Crippen LogP contribution in [-0.2, 0) is 12.3 Å². The van der Waals surface area contributed by atoms with E-state index in [1.54, 1.807) is 30.2 Å². The fourth-order valence-corrected chi connectivity index (χ4v) is 5.75. The number of rotatable bonds is 8. The zero-order valence-corrected chi connectivity index (χ0v) is 19.6. The summed E-state index contributed by atoms with van der Waals surface area (Å²) in [6.07, 6.45) is 2.53. The fraction of sp³-hybridized carbons (Fsp3) is 0.292. The number of aromatic nitrogens is 4. The molecule has 0 radical (unpaired) electrons. The Bertz CT molecular complexity index is 1170. The minimum Gasteiger partial charge on any atom is -0.496 e. The van der Waals surface area contributed by atoms with Crippen molar-refractivity contribution < 1.29 is 4.74 Å². The summed E-state index contributed by atoms with van der Waals surface area (Å²) in [5.41, 5.74) is 3.16. The third-order valence-electron chi connectivity index (χ3n) is 5.52. The monoisotopic (exact) mass is 463 g/mol. The van der Waals surface area contributed by atoms with Crippen LogP contribution >= 0.6 is 23.1 Å². The van der Waals surface area contributed by atoms with Gasteiger partial charge in [-0.05, 0) is 50.2 Å². The van der Waals surface area contributed by atoms with Gasteiger partial charge in [-0.25, -0.2) is 4.98 Å². The summed E-state index contributed by atoms with van der Waals surface area (Å²) in [5.74, 6) is 2.57. The van der Waals surface area contributed by atoms with Crippen molar-refractivity contribution in [2.24, 2.45) is 0 Å². The summed E-state index contributed by atoms with van der Waals surface area (Å²) in [7, 11) is 1.69. The van der Waals surface area contributed by atoms with Crippen LogP contribution in [-0.4, -0.2) is 44.8 Å². The molecular formula is C24H25N5OS2. The molecule has 2 aromatic heterocycles. The second-order valence-electron chi connectivity index (χ2n) is 7.69. The predicted octanol–water partition coefficient (Wildman–Crippen LogP) is 5.29. The summed E-state index contributed by atoms with van der Waals surface area (Å²) >= 11 is 3.32. The summed E-state index contributed by atoms with van der Waals surface area (Å²) < 4.78 is 7.69. The lowest BCUT2D eigenvalue weighted by Gasteiger charge is -2.15. The zero-order valence-electron chi connectivity index (χ0n) is 18.0. The highest BCUT2D eigenvalue weighted by atomic mass is 32.2. The van der Waals surface area contributed by atoms with Crippen LogP contribution in [0.25, 0.3) is 16.3 Å². The highest BCUT2D eigenvalue weighted by molar-refractivity contribution is 7.98. The molecule has 0 atom stereocenters. The summed E-state index contributed by atoms with van der Waals surface area (Å²) in [4.78, 5) is 7.30. The average Bonchev–Trinajstić information content (AvgIpc) is 3.60. The third kappa shape index (κ3) is 4.57. The standard InChI is InChI=1S/C24H25N5OS2/c1-30-21-12-6-5-11-20(21)23-25-18(16-31-23)17-32-24-27-26-22(15-28-13-7-8-14-28)29(24)19-9-3-2-4-10-19/h2-6,9-12,16H,7-8,13-15,17H2,1H3. The molecule has 0 saturated carbocycles. The molecule has 4 aromatic rings. The number of para-hydroxylation sites is 2. The third-order valence-corrected chi connectivity index (χ3v) is 7.40. The fourth-order valence-electron chi connectivity index (χ4n) is 3.93. The molecule has 1 aliphatic heterocycles. The van der Waals surface area contributed by atoms with Gasteiger partial charge in [-0.3, -0.25) is 9.47 Å². The molecule has 32 heavy (non-hydrogen) atoms. The van der Waals surface area contributed by atoms with Gasteiger partial charge in [0, 0.05) is 16.8 Å². The second-order valence-corrected chi connectivity index (χ2v) is 9.49. The van der Waals surface area contributed by atoms with Crippen LogP contribution in [0.15, 0.2) is 65.1 Å². The van der Waals surface area contributed by atoms with Crippen LogP contribution in [0.5, 0.6) is 5.75 Å². The van der Waals surface area contributed by atoms with E-state index in [4.69, 9.17) is 9.72 Å². The minimum absolute atomic E-state index is 0.736. The van der Waals surface area contributed by atoms with Gasteiger partial charge < -0.3 is 4.74 Å². The van der Waals surface area contributed by atoms with E-state index in [0.717, 1.165) is 64.1 Å². The molecule has 0 bridgehead atoms. The lowest BCUT2D eigenvalue weighted by Crippen LogP contribution is -2.21.